The van der Waals surface area contributed by atoms with Gasteiger partial charge >= 0.3 is 0 Å². The number of hydrogen-bond acceptors (Lipinski definition) is 3. The first-order valence-corrected chi connectivity index (χ1v) is 6.59. The maximum absolute atomic E-state index is 10.9. The second-order valence-electron chi connectivity index (χ2n) is 2.65. The van der Waals surface area contributed by atoms with Gasteiger partial charge in [-0.2, -0.15) is 0 Å². The van der Waals surface area contributed by atoms with Crippen molar-refractivity contribution in [3.05, 3.63) is 27.5 Å². The van der Waals surface area contributed by atoms with Crippen molar-refractivity contribution in [3.8, 4) is 0 Å². The summed E-state index contributed by atoms with van der Waals surface area (Å²) in [6.07, 6.45) is 2.67. The van der Waals surface area contributed by atoms with Gasteiger partial charge in [-0.05, 0) is 22.0 Å². The standard InChI is InChI=1S/C7H7BrClNO2S/c1-13(11,12)4-7-6(9)2-5(8)3-10-7/h2-3H,4H2,1H3. The molecule has 1 heterocycles. The largest absolute Gasteiger partial charge is 0.257 e. The normalized spacial score (nSPS) is 11.6. The molecule has 0 aliphatic heterocycles. The number of aromatic nitrogens is 1. The highest BCUT2D eigenvalue weighted by Gasteiger charge is 2.09. The lowest BCUT2D eigenvalue weighted by atomic mass is 10.4. The first-order valence-electron chi connectivity index (χ1n) is 3.36. The van der Waals surface area contributed by atoms with Crippen molar-refractivity contribution in [2.24, 2.45) is 0 Å². The Morgan fingerprint density at radius 1 is 1.62 bits per heavy atom. The number of nitrogens with zero attached hydrogens (tertiary/aromatic N) is 1. The molecule has 0 amide bonds. The summed E-state index contributed by atoms with van der Waals surface area (Å²) in [5.74, 6) is -0.126. The molecule has 0 bridgehead atoms. The smallest absolute Gasteiger partial charge is 0.153 e. The summed E-state index contributed by atoms with van der Waals surface area (Å²) in [4.78, 5) is 3.91. The van der Waals surface area contributed by atoms with Crippen LogP contribution in [0.5, 0.6) is 0 Å². The monoisotopic (exact) mass is 283 g/mol. The van der Waals surface area contributed by atoms with Gasteiger partial charge < -0.3 is 0 Å². The maximum atomic E-state index is 10.9. The summed E-state index contributed by atoms with van der Waals surface area (Å²) in [6, 6.07) is 1.62. The molecule has 1 aromatic rings. The molecule has 3 nitrogen and oxygen atoms in total. The third-order valence-corrected chi connectivity index (χ3v) is 2.84. The SMILES string of the molecule is CS(=O)(=O)Cc1ncc(Br)cc1Cl. The molecular weight excluding hydrogens is 278 g/mol. The Bertz CT molecular complexity index is 419. The Balaban J connectivity index is 3.04. The lowest BCUT2D eigenvalue weighted by molar-refractivity contribution is 0.600. The van der Waals surface area contributed by atoms with Crippen LogP contribution >= 0.6 is 27.5 Å². The molecule has 0 atom stereocenters. The average Bonchev–Trinajstić information content (AvgIpc) is 1.93. The van der Waals surface area contributed by atoms with Crippen molar-refractivity contribution < 1.29 is 8.42 Å². The molecule has 13 heavy (non-hydrogen) atoms. The molecule has 0 saturated heterocycles. The molecule has 0 fully saturated rings. The van der Waals surface area contributed by atoms with Crippen LogP contribution in [0.1, 0.15) is 5.69 Å². The van der Waals surface area contributed by atoms with E-state index in [0.717, 1.165) is 10.7 Å². The second-order valence-corrected chi connectivity index (χ2v) is 6.12. The van der Waals surface area contributed by atoms with E-state index in [1.807, 2.05) is 0 Å². The van der Waals surface area contributed by atoms with Crippen LogP contribution in [0.4, 0.5) is 0 Å². The van der Waals surface area contributed by atoms with E-state index in [2.05, 4.69) is 20.9 Å². The number of rotatable bonds is 2. The first kappa shape index (κ1) is 10.9. The zero-order chi connectivity index (χ0) is 10.1. The fourth-order valence-corrected chi connectivity index (χ4v) is 2.30. The van der Waals surface area contributed by atoms with E-state index >= 15 is 0 Å². The molecule has 1 aromatic heterocycles. The summed E-state index contributed by atoms with van der Waals surface area (Å²) in [5.41, 5.74) is 0.382. The van der Waals surface area contributed by atoms with E-state index in [1.54, 1.807) is 6.07 Å². The van der Waals surface area contributed by atoms with Gasteiger partial charge in [0.15, 0.2) is 9.84 Å². The quantitative estimate of drug-likeness (QED) is 0.835. The predicted molar refractivity (Wildman–Crippen MR) is 55.5 cm³/mol. The summed E-state index contributed by atoms with van der Waals surface area (Å²) < 4.78 is 22.6. The van der Waals surface area contributed by atoms with Crippen molar-refractivity contribution in [3.63, 3.8) is 0 Å². The minimum atomic E-state index is -3.07. The van der Waals surface area contributed by atoms with Crippen molar-refractivity contribution in [1.29, 1.82) is 0 Å². The fraction of sp³-hybridized carbons (Fsp3) is 0.286. The Morgan fingerprint density at radius 3 is 2.69 bits per heavy atom. The van der Waals surface area contributed by atoms with Crippen LogP contribution in [0.2, 0.25) is 5.02 Å². The van der Waals surface area contributed by atoms with Crippen LogP contribution in [0, 0.1) is 0 Å². The Hall–Kier alpha value is -0.130. The molecule has 0 unspecified atom stereocenters. The molecule has 1 rings (SSSR count). The molecule has 0 aromatic carbocycles. The summed E-state index contributed by atoms with van der Waals surface area (Å²) >= 11 is 8.96. The number of pyridine rings is 1. The zero-order valence-corrected chi connectivity index (χ0v) is 9.95. The van der Waals surface area contributed by atoms with Gasteiger partial charge in [0, 0.05) is 16.9 Å². The van der Waals surface area contributed by atoms with Crippen LogP contribution in [0.3, 0.4) is 0 Å². The molecule has 0 aliphatic rings. The van der Waals surface area contributed by atoms with Gasteiger partial charge in [0.1, 0.15) is 0 Å². The van der Waals surface area contributed by atoms with E-state index in [1.165, 1.54) is 6.20 Å². The molecule has 0 aliphatic carbocycles. The van der Waals surface area contributed by atoms with Crippen LogP contribution in [-0.4, -0.2) is 19.7 Å². The molecule has 0 radical (unpaired) electrons. The zero-order valence-electron chi connectivity index (χ0n) is 6.79. The second kappa shape index (κ2) is 3.94. The minimum Gasteiger partial charge on any atom is -0.257 e. The molecule has 6 heteroatoms. The highest BCUT2D eigenvalue weighted by molar-refractivity contribution is 9.10. The number of sulfone groups is 1. The highest BCUT2D eigenvalue weighted by Crippen LogP contribution is 2.20. The van der Waals surface area contributed by atoms with Gasteiger partial charge in [0.2, 0.25) is 0 Å². The van der Waals surface area contributed by atoms with E-state index in [9.17, 15) is 8.42 Å². The summed E-state index contributed by atoms with van der Waals surface area (Å²) in [7, 11) is -3.07. The highest BCUT2D eigenvalue weighted by atomic mass is 79.9. The molecule has 0 N–H and O–H groups in total. The van der Waals surface area contributed by atoms with Crippen molar-refractivity contribution in [2.75, 3.05) is 6.26 Å². The van der Waals surface area contributed by atoms with E-state index in [4.69, 9.17) is 11.6 Å². The molecular formula is C7H7BrClNO2S. The summed E-state index contributed by atoms with van der Waals surface area (Å²) in [5, 5.41) is 0.361. The average molecular weight is 285 g/mol. The van der Waals surface area contributed by atoms with Gasteiger partial charge in [-0.3, -0.25) is 4.98 Å². The lowest BCUT2D eigenvalue weighted by Gasteiger charge is -2.01. The topological polar surface area (TPSA) is 47.0 Å². The van der Waals surface area contributed by atoms with Crippen LogP contribution in [0.25, 0.3) is 0 Å². The van der Waals surface area contributed by atoms with E-state index in [-0.39, 0.29) is 5.75 Å². The van der Waals surface area contributed by atoms with Gasteiger partial charge in [0.25, 0.3) is 0 Å². The minimum absolute atomic E-state index is 0.126. The predicted octanol–water partition coefficient (Wildman–Crippen LogP) is 2.04. The molecule has 72 valence electrons. The van der Waals surface area contributed by atoms with Gasteiger partial charge in [-0.25, -0.2) is 8.42 Å². The summed E-state index contributed by atoms with van der Waals surface area (Å²) in [6.45, 7) is 0. The molecule has 0 spiro atoms. The van der Waals surface area contributed by atoms with Crippen molar-refractivity contribution >= 4 is 37.4 Å². The fourth-order valence-electron chi connectivity index (χ4n) is 0.797. The number of halogens is 2. The van der Waals surface area contributed by atoms with E-state index in [0.29, 0.717) is 10.7 Å². The van der Waals surface area contributed by atoms with Crippen LogP contribution in [-0.2, 0) is 15.6 Å². The van der Waals surface area contributed by atoms with Gasteiger partial charge in [0.05, 0.1) is 16.5 Å². The van der Waals surface area contributed by atoms with Crippen LogP contribution < -0.4 is 0 Å². The molecule has 0 saturated carbocycles. The third kappa shape index (κ3) is 3.62. The van der Waals surface area contributed by atoms with E-state index < -0.39 is 9.84 Å². The lowest BCUT2D eigenvalue weighted by Crippen LogP contribution is -2.03. The Labute approximate surface area is 90.2 Å². The van der Waals surface area contributed by atoms with Gasteiger partial charge in [-0.15, -0.1) is 0 Å². The maximum Gasteiger partial charge on any atom is 0.153 e. The van der Waals surface area contributed by atoms with Crippen molar-refractivity contribution in [2.45, 2.75) is 5.75 Å². The Kier molecular flexibility index (Phi) is 3.32. The van der Waals surface area contributed by atoms with Crippen molar-refractivity contribution in [1.82, 2.24) is 4.98 Å². The van der Waals surface area contributed by atoms with Gasteiger partial charge in [-0.1, -0.05) is 11.6 Å². The first-order chi connectivity index (χ1) is 5.88. The Morgan fingerprint density at radius 2 is 2.23 bits per heavy atom. The third-order valence-electron chi connectivity index (χ3n) is 1.28. The number of hydrogen-bond donors (Lipinski definition) is 0. The van der Waals surface area contributed by atoms with Crippen LogP contribution in [0.15, 0.2) is 16.7 Å².